The SMILES string of the molecule is CCSc1ncnc(C)c1C(=O)OC(C)(C)C. The lowest BCUT2D eigenvalue weighted by Gasteiger charge is -2.20. The fourth-order valence-corrected chi connectivity index (χ4v) is 2.03. The number of hydrogen-bond donors (Lipinski definition) is 0. The molecule has 0 aliphatic rings. The molecule has 0 spiro atoms. The van der Waals surface area contributed by atoms with Crippen molar-refractivity contribution in [3.63, 3.8) is 0 Å². The van der Waals surface area contributed by atoms with Crippen molar-refractivity contribution >= 4 is 17.7 Å². The van der Waals surface area contributed by atoms with Crippen LogP contribution in [0.1, 0.15) is 43.7 Å². The van der Waals surface area contributed by atoms with Gasteiger partial charge in [0.1, 0.15) is 22.5 Å². The summed E-state index contributed by atoms with van der Waals surface area (Å²) in [6.45, 7) is 9.34. The van der Waals surface area contributed by atoms with Gasteiger partial charge in [0.15, 0.2) is 0 Å². The highest BCUT2D eigenvalue weighted by molar-refractivity contribution is 7.99. The number of rotatable bonds is 3. The third kappa shape index (κ3) is 4.00. The molecule has 0 aliphatic heterocycles. The molecule has 4 nitrogen and oxygen atoms in total. The summed E-state index contributed by atoms with van der Waals surface area (Å²) in [6.07, 6.45) is 1.47. The Balaban J connectivity index is 3.07. The van der Waals surface area contributed by atoms with E-state index in [0.717, 1.165) is 5.75 Å². The monoisotopic (exact) mass is 254 g/mol. The number of ether oxygens (including phenoxy) is 1. The van der Waals surface area contributed by atoms with Crippen LogP contribution >= 0.6 is 11.8 Å². The summed E-state index contributed by atoms with van der Waals surface area (Å²) >= 11 is 1.52. The van der Waals surface area contributed by atoms with Gasteiger partial charge >= 0.3 is 5.97 Å². The van der Waals surface area contributed by atoms with Gasteiger partial charge in [-0.2, -0.15) is 0 Å². The quantitative estimate of drug-likeness (QED) is 0.471. The van der Waals surface area contributed by atoms with Gasteiger partial charge in [-0.25, -0.2) is 14.8 Å². The van der Waals surface area contributed by atoms with E-state index in [1.165, 1.54) is 18.1 Å². The van der Waals surface area contributed by atoms with E-state index in [2.05, 4.69) is 9.97 Å². The summed E-state index contributed by atoms with van der Waals surface area (Å²) in [5.74, 6) is 0.498. The highest BCUT2D eigenvalue weighted by Crippen LogP contribution is 2.23. The predicted molar refractivity (Wildman–Crippen MR) is 68.3 cm³/mol. The molecule has 0 radical (unpaired) electrons. The number of hydrogen-bond acceptors (Lipinski definition) is 5. The molecule has 0 saturated carbocycles. The summed E-state index contributed by atoms with van der Waals surface area (Å²) in [4.78, 5) is 20.2. The van der Waals surface area contributed by atoms with Crippen molar-refractivity contribution in [3.8, 4) is 0 Å². The Kier molecular flexibility index (Phi) is 4.51. The topological polar surface area (TPSA) is 52.1 Å². The minimum Gasteiger partial charge on any atom is -0.456 e. The maximum Gasteiger partial charge on any atom is 0.343 e. The minimum absolute atomic E-state index is 0.355. The second-order valence-corrected chi connectivity index (χ2v) is 5.83. The lowest BCUT2D eigenvalue weighted by molar-refractivity contribution is 0.00632. The fraction of sp³-hybridized carbons (Fsp3) is 0.583. The van der Waals surface area contributed by atoms with Crippen molar-refractivity contribution in [2.24, 2.45) is 0 Å². The number of aryl methyl sites for hydroxylation is 1. The molecule has 1 heterocycles. The molecule has 17 heavy (non-hydrogen) atoms. The molecule has 94 valence electrons. The first-order valence-electron chi connectivity index (χ1n) is 5.53. The summed E-state index contributed by atoms with van der Waals surface area (Å²) in [5, 5.41) is 0.689. The smallest absolute Gasteiger partial charge is 0.343 e. The van der Waals surface area contributed by atoms with Crippen molar-refractivity contribution in [1.82, 2.24) is 9.97 Å². The molecule has 1 aromatic heterocycles. The molecule has 0 unspecified atom stereocenters. The van der Waals surface area contributed by atoms with Crippen molar-refractivity contribution in [2.45, 2.75) is 45.2 Å². The predicted octanol–water partition coefficient (Wildman–Crippen LogP) is 2.85. The summed E-state index contributed by atoms with van der Waals surface area (Å²) in [7, 11) is 0. The number of esters is 1. The van der Waals surface area contributed by atoms with E-state index in [1.54, 1.807) is 6.92 Å². The first-order valence-corrected chi connectivity index (χ1v) is 6.51. The van der Waals surface area contributed by atoms with Crippen LogP contribution in [0.2, 0.25) is 0 Å². The maximum absolute atomic E-state index is 12.1. The van der Waals surface area contributed by atoms with Crippen LogP contribution in [-0.2, 0) is 4.74 Å². The second kappa shape index (κ2) is 5.49. The minimum atomic E-state index is -0.506. The first-order chi connectivity index (χ1) is 7.85. The number of thioether (sulfide) groups is 1. The van der Waals surface area contributed by atoms with Crippen LogP contribution in [0, 0.1) is 6.92 Å². The molecular formula is C12H18N2O2S. The molecule has 5 heteroatoms. The molecule has 0 fully saturated rings. The average Bonchev–Trinajstić information content (AvgIpc) is 2.15. The molecular weight excluding hydrogens is 236 g/mol. The van der Waals surface area contributed by atoms with Crippen LogP contribution < -0.4 is 0 Å². The van der Waals surface area contributed by atoms with Crippen molar-refractivity contribution in [2.75, 3.05) is 5.75 Å². The average molecular weight is 254 g/mol. The number of nitrogens with zero attached hydrogens (tertiary/aromatic N) is 2. The van der Waals surface area contributed by atoms with Crippen molar-refractivity contribution in [3.05, 3.63) is 17.6 Å². The Morgan fingerprint density at radius 1 is 1.41 bits per heavy atom. The molecule has 0 N–H and O–H groups in total. The lowest BCUT2D eigenvalue weighted by Crippen LogP contribution is -2.25. The van der Waals surface area contributed by atoms with Crippen LogP contribution in [0.25, 0.3) is 0 Å². The van der Waals surface area contributed by atoms with Gasteiger partial charge in [0, 0.05) is 0 Å². The molecule has 0 atom stereocenters. The Morgan fingerprint density at radius 2 is 2.06 bits per heavy atom. The van der Waals surface area contributed by atoms with Crippen molar-refractivity contribution in [1.29, 1.82) is 0 Å². The second-order valence-electron chi connectivity index (χ2n) is 4.57. The highest BCUT2D eigenvalue weighted by Gasteiger charge is 2.23. The van der Waals surface area contributed by atoms with Gasteiger partial charge in [-0.3, -0.25) is 0 Å². The molecule has 1 aromatic rings. The molecule has 0 aliphatic carbocycles. The molecule has 0 bridgehead atoms. The van der Waals surface area contributed by atoms with Crippen LogP contribution in [0.3, 0.4) is 0 Å². The number of carbonyl (C=O) groups is 1. The molecule has 0 saturated heterocycles. The van der Waals surface area contributed by atoms with E-state index in [4.69, 9.17) is 4.74 Å². The molecule has 0 amide bonds. The zero-order chi connectivity index (χ0) is 13.1. The zero-order valence-electron chi connectivity index (χ0n) is 10.9. The van der Waals surface area contributed by atoms with Gasteiger partial charge in [-0.15, -0.1) is 11.8 Å². The molecule has 0 aromatic carbocycles. The Morgan fingerprint density at radius 3 is 2.59 bits per heavy atom. The van der Waals surface area contributed by atoms with E-state index in [1.807, 2.05) is 27.7 Å². The van der Waals surface area contributed by atoms with E-state index < -0.39 is 5.60 Å². The lowest BCUT2D eigenvalue weighted by atomic mass is 10.2. The third-order valence-electron chi connectivity index (χ3n) is 1.89. The summed E-state index contributed by atoms with van der Waals surface area (Å²) in [5.41, 5.74) is 0.632. The number of aromatic nitrogens is 2. The highest BCUT2D eigenvalue weighted by atomic mass is 32.2. The van der Waals surface area contributed by atoms with Gasteiger partial charge in [0.2, 0.25) is 0 Å². The number of carbonyl (C=O) groups excluding carboxylic acids is 1. The Labute approximate surface area is 106 Å². The van der Waals surface area contributed by atoms with Gasteiger partial charge < -0.3 is 4.74 Å². The van der Waals surface area contributed by atoms with Crippen LogP contribution in [0.5, 0.6) is 0 Å². The van der Waals surface area contributed by atoms with Gasteiger partial charge in [0.05, 0.1) is 5.69 Å². The first kappa shape index (κ1) is 14.0. The molecule has 1 rings (SSSR count). The van der Waals surface area contributed by atoms with E-state index in [9.17, 15) is 4.79 Å². The van der Waals surface area contributed by atoms with E-state index in [0.29, 0.717) is 16.3 Å². The maximum atomic E-state index is 12.1. The van der Waals surface area contributed by atoms with Gasteiger partial charge in [0.25, 0.3) is 0 Å². The third-order valence-corrected chi connectivity index (χ3v) is 2.76. The summed E-state index contributed by atoms with van der Waals surface area (Å²) < 4.78 is 5.36. The van der Waals surface area contributed by atoms with Crippen LogP contribution in [-0.4, -0.2) is 27.3 Å². The van der Waals surface area contributed by atoms with Gasteiger partial charge in [-0.05, 0) is 33.4 Å². The normalized spacial score (nSPS) is 11.4. The van der Waals surface area contributed by atoms with E-state index >= 15 is 0 Å². The van der Waals surface area contributed by atoms with E-state index in [-0.39, 0.29) is 5.97 Å². The largest absolute Gasteiger partial charge is 0.456 e. The zero-order valence-corrected chi connectivity index (χ0v) is 11.7. The van der Waals surface area contributed by atoms with Crippen LogP contribution in [0.4, 0.5) is 0 Å². The van der Waals surface area contributed by atoms with Crippen LogP contribution in [0.15, 0.2) is 11.4 Å². The summed E-state index contributed by atoms with van der Waals surface area (Å²) in [6, 6.07) is 0. The Hall–Kier alpha value is -1.10. The standard InChI is InChI=1S/C12H18N2O2S/c1-6-17-10-9(8(2)13-7-14-10)11(15)16-12(3,4)5/h7H,6H2,1-5H3. The fourth-order valence-electron chi connectivity index (χ4n) is 1.26. The Bertz CT molecular complexity index is 413. The van der Waals surface area contributed by atoms with Gasteiger partial charge in [-0.1, -0.05) is 6.92 Å². The van der Waals surface area contributed by atoms with Crippen molar-refractivity contribution < 1.29 is 9.53 Å².